The van der Waals surface area contributed by atoms with E-state index < -0.39 is 6.36 Å². The Hall–Kier alpha value is -2.70. The number of rotatable bonds is 4. The molecule has 0 saturated carbocycles. The molecular formula is C19H18F3NO3. The average Bonchev–Trinajstić information content (AvgIpc) is 2.61. The monoisotopic (exact) mass is 365 g/mol. The number of para-hydroxylation sites is 2. The van der Waals surface area contributed by atoms with Crippen molar-refractivity contribution in [2.45, 2.75) is 19.3 Å². The molecular weight excluding hydrogens is 347 g/mol. The molecule has 3 rings (SSSR count). The standard InChI is InChI=1S/C19H18F3NO3/c1-23(11-14-7-3-5-9-17(14)26-19(20,21)22)18(24)15-10-13-6-2-4-8-16(13)25-12-15/h2-9,15H,10-12H2,1H3. The quantitative estimate of drug-likeness (QED) is 0.827. The van der Waals surface area contributed by atoms with Crippen LogP contribution in [0.15, 0.2) is 48.5 Å². The molecule has 0 N–H and O–H groups in total. The van der Waals surface area contributed by atoms with Gasteiger partial charge in [0, 0.05) is 19.2 Å². The fourth-order valence-electron chi connectivity index (χ4n) is 2.99. The number of fused-ring (bicyclic) bond motifs is 1. The minimum Gasteiger partial charge on any atom is -0.492 e. The fraction of sp³-hybridized carbons (Fsp3) is 0.316. The summed E-state index contributed by atoms with van der Waals surface area (Å²) in [5.74, 6) is -0.0834. The highest BCUT2D eigenvalue weighted by Crippen LogP contribution is 2.29. The Morgan fingerprint density at radius 2 is 1.88 bits per heavy atom. The van der Waals surface area contributed by atoms with Gasteiger partial charge in [-0.25, -0.2) is 0 Å². The van der Waals surface area contributed by atoms with E-state index in [1.807, 2.05) is 24.3 Å². The molecule has 0 radical (unpaired) electrons. The molecule has 0 aliphatic carbocycles. The summed E-state index contributed by atoms with van der Waals surface area (Å²) in [4.78, 5) is 14.1. The van der Waals surface area contributed by atoms with Crippen molar-refractivity contribution < 1.29 is 27.4 Å². The minimum atomic E-state index is -4.78. The number of alkyl halides is 3. The second kappa shape index (κ2) is 7.27. The lowest BCUT2D eigenvalue weighted by atomic mass is 9.95. The first kappa shape index (κ1) is 18.1. The van der Waals surface area contributed by atoms with Crippen molar-refractivity contribution >= 4 is 5.91 Å². The van der Waals surface area contributed by atoms with Crippen molar-refractivity contribution in [1.82, 2.24) is 4.90 Å². The van der Waals surface area contributed by atoms with Crippen molar-refractivity contribution in [3.05, 3.63) is 59.7 Å². The lowest BCUT2D eigenvalue weighted by molar-refractivity contribution is -0.275. The molecule has 1 unspecified atom stereocenters. The molecule has 0 saturated heterocycles. The largest absolute Gasteiger partial charge is 0.573 e. The molecule has 1 amide bonds. The Balaban J connectivity index is 1.69. The molecule has 1 atom stereocenters. The maximum absolute atomic E-state index is 12.7. The number of halogens is 3. The minimum absolute atomic E-state index is 0.0171. The van der Waals surface area contributed by atoms with Crippen LogP contribution in [-0.2, 0) is 17.8 Å². The molecule has 26 heavy (non-hydrogen) atoms. The molecule has 0 bridgehead atoms. The van der Waals surface area contributed by atoms with E-state index in [4.69, 9.17) is 4.74 Å². The van der Waals surface area contributed by atoms with Gasteiger partial charge < -0.3 is 14.4 Å². The number of hydrogen-bond donors (Lipinski definition) is 0. The first-order valence-electron chi connectivity index (χ1n) is 8.13. The molecule has 4 nitrogen and oxygen atoms in total. The normalized spacial score (nSPS) is 16.4. The van der Waals surface area contributed by atoms with E-state index in [0.717, 1.165) is 11.3 Å². The van der Waals surface area contributed by atoms with Crippen LogP contribution in [0.4, 0.5) is 13.2 Å². The second-order valence-corrected chi connectivity index (χ2v) is 6.17. The number of carbonyl (C=O) groups is 1. The summed E-state index contributed by atoms with van der Waals surface area (Å²) in [7, 11) is 1.56. The lowest BCUT2D eigenvalue weighted by Gasteiger charge is -2.28. The maximum Gasteiger partial charge on any atom is 0.573 e. The molecule has 0 spiro atoms. The van der Waals surface area contributed by atoms with E-state index in [2.05, 4.69) is 4.74 Å². The molecule has 2 aromatic rings. The van der Waals surface area contributed by atoms with Crippen LogP contribution in [-0.4, -0.2) is 30.8 Å². The molecule has 0 aromatic heterocycles. The van der Waals surface area contributed by atoms with Crippen molar-refractivity contribution in [1.29, 1.82) is 0 Å². The van der Waals surface area contributed by atoms with Crippen LogP contribution in [0.2, 0.25) is 0 Å². The van der Waals surface area contributed by atoms with Crippen molar-refractivity contribution in [2.24, 2.45) is 5.92 Å². The molecule has 1 aliphatic heterocycles. The number of hydrogen-bond acceptors (Lipinski definition) is 3. The zero-order chi connectivity index (χ0) is 18.7. The molecule has 0 fully saturated rings. The first-order chi connectivity index (χ1) is 12.3. The average molecular weight is 365 g/mol. The van der Waals surface area contributed by atoms with Gasteiger partial charge in [-0.15, -0.1) is 13.2 Å². The van der Waals surface area contributed by atoms with Crippen LogP contribution in [0, 0.1) is 5.92 Å². The van der Waals surface area contributed by atoms with E-state index in [0.29, 0.717) is 6.42 Å². The maximum atomic E-state index is 12.7. The number of ether oxygens (including phenoxy) is 2. The zero-order valence-electron chi connectivity index (χ0n) is 14.1. The Bertz CT molecular complexity index is 792. The topological polar surface area (TPSA) is 38.8 Å². The summed E-state index contributed by atoms with van der Waals surface area (Å²) in [6.07, 6.45) is -4.24. The Labute approximate surface area is 149 Å². The predicted molar refractivity (Wildman–Crippen MR) is 88.7 cm³/mol. The van der Waals surface area contributed by atoms with Gasteiger partial charge in [0.15, 0.2) is 0 Å². The van der Waals surface area contributed by atoms with Gasteiger partial charge in [0.2, 0.25) is 5.91 Å². The summed E-state index contributed by atoms with van der Waals surface area (Å²) < 4.78 is 47.3. The Morgan fingerprint density at radius 3 is 2.65 bits per heavy atom. The number of amides is 1. The van der Waals surface area contributed by atoms with Gasteiger partial charge in [-0.1, -0.05) is 36.4 Å². The van der Waals surface area contributed by atoms with Crippen LogP contribution in [0.1, 0.15) is 11.1 Å². The summed E-state index contributed by atoms with van der Waals surface area (Å²) >= 11 is 0. The van der Waals surface area contributed by atoms with E-state index in [9.17, 15) is 18.0 Å². The van der Waals surface area contributed by atoms with Crippen LogP contribution in [0.3, 0.4) is 0 Å². The third-order valence-electron chi connectivity index (χ3n) is 4.21. The first-order valence-corrected chi connectivity index (χ1v) is 8.13. The predicted octanol–water partition coefficient (Wildman–Crippen LogP) is 3.79. The third-order valence-corrected chi connectivity index (χ3v) is 4.21. The summed E-state index contributed by atoms with van der Waals surface area (Å²) in [5, 5.41) is 0. The molecule has 1 aliphatic rings. The highest BCUT2D eigenvalue weighted by Gasteiger charge is 2.33. The van der Waals surface area contributed by atoms with Crippen LogP contribution in [0.5, 0.6) is 11.5 Å². The van der Waals surface area contributed by atoms with Crippen molar-refractivity contribution in [2.75, 3.05) is 13.7 Å². The molecule has 7 heteroatoms. The van der Waals surface area contributed by atoms with Gasteiger partial charge in [0.05, 0.1) is 5.92 Å². The molecule has 1 heterocycles. The summed E-state index contributed by atoms with van der Waals surface area (Å²) in [5.41, 5.74) is 1.24. The Kier molecular flexibility index (Phi) is 5.06. The van der Waals surface area contributed by atoms with Gasteiger partial charge in [-0.05, 0) is 24.1 Å². The zero-order valence-corrected chi connectivity index (χ0v) is 14.1. The number of benzene rings is 2. The fourth-order valence-corrected chi connectivity index (χ4v) is 2.99. The highest BCUT2D eigenvalue weighted by atomic mass is 19.4. The molecule has 2 aromatic carbocycles. The third kappa shape index (κ3) is 4.28. The molecule has 138 valence electrons. The summed E-state index contributed by atoms with van der Waals surface area (Å²) in [6.45, 7) is 0.268. The van der Waals surface area contributed by atoms with Crippen LogP contribution >= 0.6 is 0 Å². The van der Waals surface area contributed by atoms with E-state index in [1.54, 1.807) is 13.1 Å². The number of carbonyl (C=O) groups excluding carboxylic acids is 1. The van der Waals surface area contributed by atoms with E-state index in [1.165, 1.54) is 23.1 Å². The Morgan fingerprint density at radius 1 is 1.19 bits per heavy atom. The van der Waals surface area contributed by atoms with E-state index >= 15 is 0 Å². The van der Waals surface area contributed by atoms with Gasteiger partial charge in [-0.3, -0.25) is 4.79 Å². The van der Waals surface area contributed by atoms with Crippen molar-refractivity contribution in [3.63, 3.8) is 0 Å². The summed E-state index contributed by atoms with van der Waals surface area (Å²) in [6, 6.07) is 13.3. The lowest BCUT2D eigenvalue weighted by Crippen LogP contribution is -2.38. The SMILES string of the molecule is CN(Cc1ccccc1OC(F)(F)F)C(=O)C1COc2ccccc2C1. The smallest absolute Gasteiger partial charge is 0.492 e. The second-order valence-electron chi connectivity index (χ2n) is 6.17. The van der Waals surface area contributed by atoms with Gasteiger partial charge in [0.1, 0.15) is 18.1 Å². The van der Waals surface area contributed by atoms with Gasteiger partial charge >= 0.3 is 6.36 Å². The van der Waals surface area contributed by atoms with Crippen molar-refractivity contribution in [3.8, 4) is 11.5 Å². The number of nitrogens with zero attached hydrogens (tertiary/aromatic N) is 1. The van der Waals surface area contributed by atoms with E-state index in [-0.39, 0.29) is 36.3 Å². The van der Waals surface area contributed by atoms with Crippen LogP contribution < -0.4 is 9.47 Å². The highest BCUT2D eigenvalue weighted by molar-refractivity contribution is 5.79. The van der Waals surface area contributed by atoms with Gasteiger partial charge in [-0.2, -0.15) is 0 Å². The van der Waals surface area contributed by atoms with Crippen LogP contribution in [0.25, 0.3) is 0 Å². The van der Waals surface area contributed by atoms with Gasteiger partial charge in [0.25, 0.3) is 0 Å².